The van der Waals surface area contributed by atoms with Gasteiger partial charge in [-0.15, -0.1) is 0 Å². The molecule has 0 spiro atoms. The number of nitro groups is 4. The standard InChI is InChI=1S/C12H5Cl4NO2S.C6H3N3O6/c13-6-1-3-9(7(14)5-6)20-10-4-2-8(17(18)19)11(15)12(10)16;10-7(11)4-2-1-3-5(8(12)13)6(4)9(14)15/h1-5H;1-3H. The van der Waals surface area contributed by atoms with Crippen LogP contribution < -0.4 is 0 Å². The van der Waals surface area contributed by atoms with E-state index in [1.165, 1.54) is 23.9 Å². The Kier molecular flexibility index (Phi) is 9.56. The van der Waals surface area contributed by atoms with Crippen molar-refractivity contribution in [3.05, 3.63) is 109 Å². The molecule has 0 unspecified atom stereocenters. The normalized spacial score (nSPS) is 10.2. The van der Waals surface area contributed by atoms with Gasteiger partial charge < -0.3 is 0 Å². The zero-order valence-electron chi connectivity index (χ0n) is 16.6. The minimum Gasteiger partial charge on any atom is -0.258 e. The van der Waals surface area contributed by atoms with Gasteiger partial charge in [-0.3, -0.25) is 40.5 Å². The molecule has 0 amide bonds. The van der Waals surface area contributed by atoms with Gasteiger partial charge in [0.05, 0.1) is 29.7 Å². The molecule has 0 aromatic heterocycles. The first-order valence-corrected chi connectivity index (χ1v) is 11.0. The Labute approximate surface area is 218 Å². The monoisotopic (exact) mass is 580 g/mol. The molecule has 0 atom stereocenters. The summed E-state index contributed by atoms with van der Waals surface area (Å²) in [6, 6.07) is 10.6. The van der Waals surface area contributed by atoms with Crippen molar-refractivity contribution in [1.82, 2.24) is 0 Å². The quantitative estimate of drug-likeness (QED) is 0.208. The number of nitrogens with zero attached hydrogens (tertiary/aromatic N) is 4. The summed E-state index contributed by atoms with van der Waals surface area (Å²) in [6.07, 6.45) is 0. The maximum atomic E-state index is 10.8. The van der Waals surface area contributed by atoms with Gasteiger partial charge in [-0.1, -0.05) is 58.2 Å². The van der Waals surface area contributed by atoms with Gasteiger partial charge in [0, 0.05) is 33.0 Å². The molecule has 0 saturated carbocycles. The molecule has 3 aromatic rings. The van der Waals surface area contributed by atoms with Gasteiger partial charge in [0.25, 0.3) is 5.69 Å². The lowest BCUT2D eigenvalue weighted by molar-refractivity contribution is -0.441. The second-order valence-corrected chi connectivity index (χ2v) is 8.74. The zero-order valence-corrected chi connectivity index (χ0v) is 20.4. The maximum absolute atomic E-state index is 10.8. The fourth-order valence-electron chi connectivity index (χ4n) is 2.42. The highest BCUT2D eigenvalue weighted by molar-refractivity contribution is 7.99. The average Bonchev–Trinajstić information content (AvgIpc) is 2.78. The van der Waals surface area contributed by atoms with Crippen molar-refractivity contribution in [2.75, 3.05) is 0 Å². The van der Waals surface area contributed by atoms with Gasteiger partial charge in [0.15, 0.2) is 0 Å². The Bertz CT molecular complexity index is 1330. The van der Waals surface area contributed by atoms with Crippen molar-refractivity contribution >= 4 is 80.9 Å². The molecule has 0 bridgehead atoms. The summed E-state index contributed by atoms with van der Waals surface area (Å²) in [5.41, 5.74) is -3.13. The lowest BCUT2D eigenvalue weighted by Crippen LogP contribution is -2.00. The second kappa shape index (κ2) is 12.0. The third kappa shape index (κ3) is 6.90. The smallest absolute Gasteiger partial charge is 0.258 e. The van der Waals surface area contributed by atoms with Crippen LogP contribution in [-0.2, 0) is 0 Å². The Morgan fingerprint density at radius 3 is 1.57 bits per heavy atom. The molecular formula is C18H8Cl4N4O8S. The molecule has 35 heavy (non-hydrogen) atoms. The number of hydrogen-bond donors (Lipinski definition) is 0. The fraction of sp³-hybridized carbons (Fsp3) is 0. The summed E-state index contributed by atoms with van der Waals surface area (Å²) in [7, 11) is 0. The van der Waals surface area contributed by atoms with Crippen LogP contribution in [0.1, 0.15) is 0 Å². The lowest BCUT2D eigenvalue weighted by atomic mass is 10.2. The van der Waals surface area contributed by atoms with Gasteiger partial charge in [-0.25, -0.2) is 0 Å². The van der Waals surface area contributed by atoms with E-state index in [4.69, 9.17) is 46.4 Å². The molecular weight excluding hydrogens is 574 g/mol. The van der Waals surface area contributed by atoms with Gasteiger partial charge in [-0.05, 0) is 30.3 Å². The number of para-hydroxylation sites is 1. The van der Waals surface area contributed by atoms with E-state index in [9.17, 15) is 40.5 Å². The van der Waals surface area contributed by atoms with Crippen molar-refractivity contribution in [3.8, 4) is 0 Å². The van der Waals surface area contributed by atoms with E-state index >= 15 is 0 Å². The van der Waals surface area contributed by atoms with Gasteiger partial charge in [-0.2, -0.15) is 0 Å². The van der Waals surface area contributed by atoms with E-state index in [0.29, 0.717) is 14.9 Å². The summed E-state index contributed by atoms with van der Waals surface area (Å²) < 4.78 is 0. The maximum Gasteiger partial charge on any atom is 0.422 e. The molecule has 0 fully saturated rings. The van der Waals surface area contributed by atoms with Crippen LogP contribution in [0.25, 0.3) is 0 Å². The molecule has 3 rings (SSSR count). The van der Waals surface area contributed by atoms with Crippen molar-refractivity contribution in [2.24, 2.45) is 0 Å². The van der Waals surface area contributed by atoms with Crippen molar-refractivity contribution < 1.29 is 19.7 Å². The number of halogens is 4. The average molecular weight is 582 g/mol. The fourth-order valence-corrected chi connectivity index (χ4v) is 4.37. The molecule has 0 heterocycles. The molecule has 0 aliphatic heterocycles. The van der Waals surface area contributed by atoms with Crippen LogP contribution in [0.4, 0.5) is 22.7 Å². The molecule has 0 radical (unpaired) electrons. The molecule has 0 N–H and O–H groups in total. The third-order valence-electron chi connectivity index (χ3n) is 3.91. The SMILES string of the molecule is O=[N+]([O-])c1ccc(Sc2ccc(Cl)cc2Cl)c(Cl)c1Cl.O=[N+]([O-])c1cccc([N+](=O)[O-])c1[N+](=O)[O-]. The predicted molar refractivity (Wildman–Crippen MR) is 130 cm³/mol. The van der Waals surface area contributed by atoms with Gasteiger partial charge in [0.1, 0.15) is 5.02 Å². The van der Waals surface area contributed by atoms with E-state index in [1.807, 2.05) is 0 Å². The molecule has 12 nitrogen and oxygen atoms in total. The van der Waals surface area contributed by atoms with Crippen molar-refractivity contribution in [2.45, 2.75) is 9.79 Å². The Balaban J connectivity index is 0.000000258. The molecule has 0 aliphatic rings. The van der Waals surface area contributed by atoms with Crippen LogP contribution in [0.15, 0.2) is 58.3 Å². The number of hydrogen-bond acceptors (Lipinski definition) is 9. The number of benzene rings is 3. The summed E-state index contributed by atoms with van der Waals surface area (Å²) in [4.78, 5) is 39.5. The van der Waals surface area contributed by atoms with Crippen LogP contribution >= 0.6 is 58.2 Å². The summed E-state index contributed by atoms with van der Waals surface area (Å²) in [5.74, 6) is 0. The van der Waals surface area contributed by atoms with Crippen LogP contribution in [0.3, 0.4) is 0 Å². The van der Waals surface area contributed by atoms with Crippen LogP contribution in [0, 0.1) is 40.5 Å². The molecule has 3 aromatic carbocycles. The van der Waals surface area contributed by atoms with Crippen LogP contribution in [0.2, 0.25) is 20.1 Å². The highest BCUT2D eigenvalue weighted by atomic mass is 35.5. The van der Waals surface area contributed by atoms with Gasteiger partial charge >= 0.3 is 17.1 Å². The van der Waals surface area contributed by atoms with Gasteiger partial charge in [0.2, 0.25) is 0 Å². The van der Waals surface area contributed by atoms with E-state index in [0.717, 1.165) is 23.1 Å². The Morgan fingerprint density at radius 2 is 1.11 bits per heavy atom. The molecule has 0 aliphatic carbocycles. The first-order chi connectivity index (χ1) is 16.3. The lowest BCUT2D eigenvalue weighted by Gasteiger charge is -2.07. The topological polar surface area (TPSA) is 173 Å². The number of rotatable bonds is 6. The minimum atomic E-state index is -1.14. The van der Waals surface area contributed by atoms with E-state index in [-0.39, 0.29) is 15.7 Å². The second-order valence-electron chi connectivity index (χ2n) is 6.06. The first kappa shape index (κ1) is 28.0. The minimum absolute atomic E-state index is 0.0910. The molecule has 182 valence electrons. The summed E-state index contributed by atoms with van der Waals surface area (Å²) in [5, 5.41) is 43.0. The Hall–Kier alpha value is -3.23. The molecule has 0 saturated heterocycles. The van der Waals surface area contributed by atoms with Crippen LogP contribution in [-0.4, -0.2) is 19.7 Å². The predicted octanol–water partition coefficient (Wildman–Crippen LogP) is 7.77. The van der Waals surface area contributed by atoms with Crippen LogP contribution in [0.5, 0.6) is 0 Å². The van der Waals surface area contributed by atoms with Crippen molar-refractivity contribution in [1.29, 1.82) is 0 Å². The third-order valence-corrected chi connectivity index (χ3v) is 6.69. The summed E-state index contributed by atoms with van der Waals surface area (Å²) in [6.45, 7) is 0. The first-order valence-electron chi connectivity index (χ1n) is 8.66. The van der Waals surface area contributed by atoms with E-state index in [2.05, 4.69) is 0 Å². The number of nitro benzene ring substituents is 4. The van der Waals surface area contributed by atoms with E-state index < -0.39 is 36.8 Å². The zero-order chi connectivity index (χ0) is 26.4. The largest absolute Gasteiger partial charge is 0.422 e. The van der Waals surface area contributed by atoms with E-state index in [1.54, 1.807) is 18.2 Å². The highest BCUT2D eigenvalue weighted by Crippen LogP contribution is 2.43. The highest BCUT2D eigenvalue weighted by Gasteiger charge is 2.34. The molecule has 17 heteroatoms. The van der Waals surface area contributed by atoms with Crippen molar-refractivity contribution in [3.63, 3.8) is 0 Å². The summed E-state index contributed by atoms with van der Waals surface area (Å²) >= 11 is 25.1. The Morgan fingerprint density at radius 1 is 0.600 bits per heavy atom.